The van der Waals surface area contributed by atoms with Crippen molar-refractivity contribution in [2.45, 2.75) is 20.8 Å². The topological polar surface area (TPSA) is 47.0 Å². The fourth-order valence-corrected chi connectivity index (χ4v) is 1.51. The molecule has 0 bridgehead atoms. The van der Waals surface area contributed by atoms with Gasteiger partial charge in [-0.3, -0.25) is 14.0 Å². The van der Waals surface area contributed by atoms with Gasteiger partial charge in [-0.25, -0.2) is 0 Å². The van der Waals surface area contributed by atoms with E-state index in [1.165, 1.54) is 24.8 Å². The number of Topliss-reactive ketones (excluding diaryl/α,β-unsaturated/α-hetero) is 1. The van der Waals surface area contributed by atoms with E-state index in [-0.39, 0.29) is 5.78 Å². The average molecular weight is 243 g/mol. The second-order valence-electron chi connectivity index (χ2n) is 3.06. The summed E-state index contributed by atoms with van der Waals surface area (Å²) in [7, 11) is -1.95. The minimum Gasteiger partial charge on any atom is -0.295 e. The summed E-state index contributed by atoms with van der Waals surface area (Å²) in [5, 5.41) is 1.24. The molecule has 16 heavy (non-hydrogen) atoms. The van der Waals surface area contributed by atoms with Crippen LogP contribution in [-0.2, 0) is 14.3 Å². The Morgan fingerprint density at radius 2 is 1.56 bits per heavy atom. The third-order valence-electron chi connectivity index (χ3n) is 1.02. The van der Waals surface area contributed by atoms with Crippen molar-refractivity contribution >= 4 is 20.7 Å². The molecule has 3 nitrogen and oxygen atoms in total. The molecule has 0 aromatic carbocycles. The average Bonchev–Trinajstić information content (AvgIpc) is 2.20. The first-order valence-corrected chi connectivity index (χ1v) is 7.50. The van der Waals surface area contributed by atoms with Gasteiger partial charge in [-0.05, 0) is 28.6 Å². The van der Waals surface area contributed by atoms with E-state index in [2.05, 4.69) is 4.98 Å². The van der Waals surface area contributed by atoms with E-state index < -0.39 is 9.52 Å². The summed E-state index contributed by atoms with van der Waals surface area (Å²) in [5.74, 6) is -0.125. The van der Waals surface area contributed by atoms with Crippen molar-refractivity contribution in [1.29, 1.82) is 0 Å². The fourth-order valence-electron chi connectivity index (χ4n) is 0.712. The summed E-state index contributed by atoms with van der Waals surface area (Å²) in [6, 6.07) is 5.72. The van der Waals surface area contributed by atoms with E-state index in [1.54, 1.807) is 12.4 Å². The maximum atomic E-state index is 10.7. The molecular formula is C12H21NO2S. The molecule has 1 heterocycles. The molecule has 0 saturated carbocycles. The molecule has 0 spiro atoms. The Morgan fingerprint density at radius 3 is 1.62 bits per heavy atom. The lowest BCUT2D eigenvalue weighted by Crippen LogP contribution is -2.03. The largest absolute Gasteiger partial charge is 0.295 e. The lowest BCUT2D eigenvalue weighted by Gasteiger charge is -1.87. The molecule has 4 heteroatoms. The van der Waals surface area contributed by atoms with Crippen molar-refractivity contribution in [3.05, 3.63) is 30.6 Å². The molecule has 1 rings (SSSR count). The van der Waals surface area contributed by atoms with Crippen LogP contribution in [0.3, 0.4) is 0 Å². The van der Waals surface area contributed by atoms with Gasteiger partial charge in [0.1, 0.15) is 0 Å². The monoisotopic (exact) mass is 243 g/mol. The van der Waals surface area contributed by atoms with Crippen molar-refractivity contribution in [2.24, 2.45) is 0 Å². The summed E-state index contributed by atoms with van der Waals surface area (Å²) in [5.41, 5.74) is 0. The van der Waals surface area contributed by atoms with Gasteiger partial charge in [-0.15, -0.1) is 0 Å². The molecule has 0 atom stereocenters. The van der Waals surface area contributed by atoms with Crippen LogP contribution in [-0.4, -0.2) is 32.9 Å². The highest BCUT2D eigenvalue weighted by Crippen LogP contribution is 1.74. The van der Waals surface area contributed by atoms with Gasteiger partial charge < -0.3 is 0 Å². The van der Waals surface area contributed by atoms with Gasteiger partial charge in [-0.1, -0.05) is 19.9 Å². The molecule has 0 amide bonds. The lowest BCUT2D eigenvalue weighted by molar-refractivity contribution is -0.110. The van der Waals surface area contributed by atoms with E-state index in [0.717, 1.165) is 0 Å². The number of carbonyl (C=O) groups excluding carboxylic acids is 1. The van der Waals surface area contributed by atoms with E-state index in [9.17, 15) is 9.00 Å². The highest BCUT2D eigenvalue weighted by atomic mass is 32.2. The smallest absolute Gasteiger partial charge is 0.160 e. The van der Waals surface area contributed by atoms with Crippen molar-refractivity contribution in [2.75, 3.05) is 12.5 Å². The van der Waals surface area contributed by atoms with Crippen LogP contribution in [0.15, 0.2) is 30.6 Å². The predicted molar refractivity (Wildman–Crippen MR) is 72.3 cm³/mol. The Morgan fingerprint density at radius 1 is 1.12 bits per heavy atom. The Hall–Kier alpha value is -1.16. The van der Waals surface area contributed by atoms with Crippen LogP contribution in [0, 0.1) is 0 Å². The van der Waals surface area contributed by atoms with E-state index >= 15 is 0 Å². The number of hydrogen-bond acceptors (Lipinski definition) is 3. The van der Waals surface area contributed by atoms with Gasteiger partial charge in [-0.2, -0.15) is 0 Å². The molecule has 0 fully saturated rings. The molecule has 0 saturated heterocycles. The molecule has 92 valence electrons. The third-order valence-corrected chi connectivity index (χ3v) is 1.92. The number of ketones is 1. The van der Waals surface area contributed by atoms with Gasteiger partial charge in [0.15, 0.2) is 5.78 Å². The first-order chi connectivity index (χ1) is 7.42. The van der Waals surface area contributed by atoms with E-state index in [1.807, 2.05) is 32.0 Å². The summed E-state index contributed by atoms with van der Waals surface area (Å²) in [6.07, 6.45) is 6.57. The molecule has 0 aliphatic rings. The summed E-state index contributed by atoms with van der Waals surface area (Å²) in [4.78, 5) is 14.0. The van der Waals surface area contributed by atoms with Gasteiger partial charge in [0, 0.05) is 30.3 Å². The molecule has 0 aliphatic heterocycles. The Bertz CT molecular complexity index is 345. The molecular weight excluding hydrogens is 222 g/mol. The SMILES string of the molecule is CC.CC(=O)C=S(C)(C)=O.c1ccncc1. The van der Waals surface area contributed by atoms with Gasteiger partial charge >= 0.3 is 0 Å². The van der Waals surface area contributed by atoms with E-state index in [0.29, 0.717) is 0 Å². The molecule has 1 aromatic rings. The van der Waals surface area contributed by atoms with Crippen LogP contribution in [0.5, 0.6) is 0 Å². The van der Waals surface area contributed by atoms with Crippen LogP contribution < -0.4 is 0 Å². The van der Waals surface area contributed by atoms with Crippen molar-refractivity contribution < 1.29 is 9.00 Å². The second-order valence-corrected chi connectivity index (χ2v) is 5.92. The number of pyridine rings is 1. The Labute approximate surface area is 98.9 Å². The quantitative estimate of drug-likeness (QED) is 0.709. The maximum Gasteiger partial charge on any atom is 0.160 e. The minimum absolute atomic E-state index is 0.125. The highest BCUT2D eigenvalue weighted by Gasteiger charge is 1.89. The first kappa shape index (κ1) is 17.2. The zero-order valence-corrected chi connectivity index (χ0v) is 11.5. The van der Waals surface area contributed by atoms with Crippen LogP contribution >= 0.6 is 0 Å². The molecule has 0 unspecified atom stereocenters. The van der Waals surface area contributed by atoms with Crippen molar-refractivity contribution in [1.82, 2.24) is 4.98 Å². The third kappa shape index (κ3) is 18.6. The molecule has 0 radical (unpaired) electrons. The number of carbonyl (C=O) groups is 1. The minimum atomic E-state index is -1.95. The van der Waals surface area contributed by atoms with Crippen LogP contribution in [0.4, 0.5) is 0 Å². The van der Waals surface area contributed by atoms with Gasteiger partial charge in [0.2, 0.25) is 0 Å². The number of nitrogens with zero attached hydrogens (tertiary/aromatic N) is 1. The summed E-state index contributed by atoms with van der Waals surface area (Å²) in [6.45, 7) is 5.40. The van der Waals surface area contributed by atoms with Crippen LogP contribution in [0.1, 0.15) is 20.8 Å². The Kier molecular flexibility index (Phi) is 11.2. The first-order valence-electron chi connectivity index (χ1n) is 5.06. The van der Waals surface area contributed by atoms with Crippen LogP contribution in [0.2, 0.25) is 0 Å². The summed E-state index contributed by atoms with van der Waals surface area (Å²) < 4.78 is 10.7. The standard InChI is InChI=1S/C5H5N.C5H10O2S.C2H6/c1-2-4-6-5-3-1;1-5(6)4-8(2,3)7;1-2/h1-5H;4H,1-3H3;1-2H3. The highest BCUT2D eigenvalue weighted by molar-refractivity contribution is 8.01. The zero-order chi connectivity index (χ0) is 13.0. The predicted octanol–water partition coefficient (Wildman–Crippen LogP) is 2.03. The van der Waals surface area contributed by atoms with Crippen LogP contribution in [0.25, 0.3) is 0 Å². The molecule has 0 N–H and O–H groups in total. The van der Waals surface area contributed by atoms with Crippen molar-refractivity contribution in [3.8, 4) is 0 Å². The van der Waals surface area contributed by atoms with Gasteiger partial charge in [0.25, 0.3) is 0 Å². The van der Waals surface area contributed by atoms with Crippen molar-refractivity contribution in [3.63, 3.8) is 0 Å². The van der Waals surface area contributed by atoms with Gasteiger partial charge in [0.05, 0.1) is 0 Å². The normalized spacial score (nSPS) is 8.81. The Balaban J connectivity index is 0. The maximum absolute atomic E-state index is 10.7. The number of rotatable bonds is 1. The lowest BCUT2D eigenvalue weighted by atomic mass is 10.5. The fraction of sp³-hybridized carbons (Fsp3) is 0.417. The summed E-state index contributed by atoms with van der Waals surface area (Å²) >= 11 is 0. The molecule has 0 aliphatic carbocycles. The van der Waals surface area contributed by atoms with E-state index in [4.69, 9.17) is 0 Å². The zero-order valence-electron chi connectivity index (χ0n) is 10.6. The molecule has 1 aromatic heterocycles. The second kappa shape index (κ2) is 10.4. The number of hydrogen-bond donors (Lipinski definition) is 0. The number of aromatic nitrogens is 1.